The summed E-state index contributed by atoms with van der Waals surface area (Å²) in [5.74, 6) is -1.79. The molecule has 0 unspecified atom stereocenters. The maximum atomic E-state index is 12.3. The Morgan fingerprint density at radius 2 is 2.12 bits per heavy atom. The highest BCUT2D eigenvalue weighted by atomic mass is 32.2. The largest absolute Gasteiger partial charge is 0.480 e. The maximum Gasteiger partial charge on any atom is 0.320 e. The highest BCUT2D eigenvalue weighted by Crippen LogP contribution is 2.24. The van der Waals surface area contributed by atoms with Crippen LogP contribution < -0.4 is 11.5 Å². The van der Waals surface area contributed by atoms with Crippen molar-refractivity contribution in [2.45, 2.75) is 17.4 Å². The van der Waals surface area contributed by atoms with Gasteiger partial charge in [0.25, 0.3) is 0 Å². The van der Waals surface area contributed by atoms with E-state index >= 15 is 0 Å². The van der Waals surface area contributed by atoms with Crippen LogP contribution in [0.4, 0.5) is 9.57 Å². The van der Waals surface area contributed by atoms with Gasteiger partial charge in [-0.2, -0.15) is 3.89 Å². The molecule has 1 aromatic carbocycles. The number of aliphatic carboxylic acids is 1. The molecule has 0 aliphatic heterocycles. The fourth-order valence-corrected chi connectivity index (χ4v) is 1.50. The number of ketones is 1. The molecule has 7 heteroatoms. The molecule has 17 heavy (non-hydrogen) atoms. The number of carboxylic acids is 1. The highest BCUT2D eigenvalue weighted by Gasteiger charge is 2.19. The van der Waals surface area contributed by atoms with E-state index in [1.807, 2.05) is 0 Å². The zero-order valence-corrected chi connectivity index (χ0v) is 9.54. The summed E-state index contributed by atoms with van der Waals surface area (Å²) in [6.45, 7) is 0. The van der Waals surface area contributed by atoms with Crippen molar-refractivity contribution in [3.63, 3.8) is 0 Å². The predicted molar refractivity (Wildman–Crippen MR) is 62.4 cm³/mol. The van der Waals surface area contributed by atoms with Gasteiger partial charge < -0.3 is 16.6 Å². The number of Topliss-reactive ketones (excluding diaryl/α,β-unsaturated/α-hetero) is 1. The first-order valence-corrected chi connectivity index (χ1v) is 5.37. The van der Waals surface area contributed by atoms with Gasteiger partial charge in [0.1, 0.15) is 6.04 Å². The van der Waals surface area contributed by atoms with Crippen molar-refractivity contribution in [1.82, 2.24) is 0 Å². The van der Waals surface area contributed by atoms with Crippen LogP contribution >= 0.6 is 12.1 Å². The van der Waals surface area contributed by atoms with Gasteiger partial charge in [-0.3, -0.25) is 9.59 Å². The molecule has 1 atom stereocenters. The molecule has 0 fully saturated rings. The quantitative estimate of drug-likeness (QED) is 0.541. The van der Waals surface area contributed by atoms with Gasteiger partial charge in [0, 0.05) is 22.6 Å². The van der Waals surface area contributed by atoms with Gasteiger partial charge in [0.05, 0.1) is 12.1 Å². The molecule has 0 saturated carbocycles. The molecule has 0 aromatic heterocycles. The molecule has 0 saturated heterocycles. The van der Waals surface area contributed by atoms with Crippen molar-refractivity contribution in [2.75, 3.05) is 5.73 Å². The summed E-state index contributed by atoms with van der Waals surface area (Å²) >= 11 is -0.0211. The lowest BCUT2D eigenvalue weighted by Gasteiger charge is -2.08. The second-order valence-electron chi connectivity index (χ2n) is 3.40. The Labute approximate surface area is 101 Å². The van der Waals surface area contributed by atoms with E-state index in [2.05, 4.69) is 0 Å². The number of rotatable bonds is 5. The van der Waals surface area contributed by atoms with Crippen molar-refractivity contribution < 1.29 is 18.6 Å². The number of hydrogen-bond donors (Lipinski definition) is 3. The van der Waals surface area contributed by atoms with Gasteiger partial charge >= 0.3 is 5.97 Å². The van der Waals surface area contributed by atoms with Crippen LogP contribution in [0.2, 0.25) is 0 Å². The van der Waals surface area contributed by atoms with Crippen LogP contribution in [-0.2, 0) is 4.79 Å². The summed E-state index contributed by atoms with van der Waals surface area (Å²) in [7, 11) is 0. The molecule has 0 spiro atoms. The molecule has 0 aliphatic carbocycles. The number of hydrogen-bond acceptors (Lipinski definition) is 5. The molecule has 5 N–H and O–H groups in total. The Morgan fingerprint density at radius 1 is 1.47 bits per heavy atom. The molecule has 0 radical (unpaired) electrons. The molecule has 5 nitrogen and oxygen atoms in total. The maximum absolute atomic E-state index is 12.3. The molecule has 0 heterocycles. The minimum Gasteiger partial charge on any atom is -0.480 e. The van der Waals surface area contributed by atoms with E-state index in [1.165, 1.54) is 18.2 Å². The average molecular weight is 258 g/mol. The van der Waals surface area contributed by atoms with Crippen LogP contribution in [0, 0.1) is 0 Å². The van der Waals surface area contributed by atoms with Crippen molar-refractivity contribution in [3.8, 4) is 0 Å². The van der Waals surface area contributed by atoms with Crippen molar-refractivity contribution in [2.24, 2.45) is 5.73 Å². The van der Waals surface area contributed by atoms with E-state index in [0.717, 1.165) is 0 Å². The fraction of sp³-hybridized carbons (Fsp3) is 0.200. The van der Waals surface area contributed by atoms with Crippen molar-refractivity contribution >= 4 is 29.6 Å². The van der Waals surface area contributed by atoms with Crippen LogP contribution in [0.15, 0.2) is 23.1 Å². The Hall–Kier alpha value is -1.60. The van der Waals surface area contributed by atoms with E-state index in [9.17, 15) is 13.5 Å². The third kappa shape index (κ3) is 3.43. The third-order valence-electron chi connectivity index (χ3n) is 2.14. The number of carbonyl (C=O) groups is 2. The second-order valence-corrected chi connectivity index (χ2v) is 4.02. The Kier molecular flexibility index (Phi) is 4.47. The van der Waals surface area contributed by atoms with Crippen molar-refractivity contribution in [1.29, 1.82) is 0 Å². The van der Waals surface area contributed by atoms with Crippen molar-refractivity contribution in [3.05, 3.63) is 23.8 Å². The first kappa shape index (κ1) is 13.5. The van der Waals surface area contributed by atoms with Gasteiger partial charge in [-0.05, 0) is 18.2 Å². The second kappa shape index (κ2) is 5.65. The SMILES string of the molecule is Nc1ccc(SF)cc1C(=O)C[C@H](N)C(=O)O. The molecular weight excluding hydrogens is 247 g/mol. The van der Waals surface area contributed by atoms with Gasteiger partial charge in [-0.1, -0.05) is 0 Å². The van der Waals surface area contributed by atoms with Crippen LogP contribution in [0.5, 0.6) is 0 Å². The highest BCUT2D eigenvalue weighted by molar-refractivity contribution is 7.94. The standard InChI is InChI=1S/C10H11FN2O3S/c11-17-5-1-2-7(12)6(3-5)9(14)4-8(13)10(15)16/h1-3,8H,4,12-13H2,(H,15,16)/t8-/m0/s1. The first-order chi connectivity index (χ1) is 7.95. The van der Waals surface area contributed by atoms with E-state index in [0.29, 0.717) is 0 Å². The Morgan fingerprint density at radius 3 is 2.65 bits per heavy atom. The third-order valence-corrected chi connectivity index (χ3v) is 2.57. The lowest BCUT2D eigenvalue weighted by molar-refractivity contribution is -0.138. The lowest BCUT2D eigenvalue weighted by atomic mass is 10.0. The van der Waals surface area contributed by atoms with Gasteiger partial charge in [0.2, 0.25) is 0 Å². The van der Waals surface area contributed by atoms with Crippen LogP contribution in [0.1, 0.15) is 16.8 Å². The van der Waals surface area contributed by atoms with Crippen LogP contribution in [0.3, 0.4) is 0 Å². The molecular formula is C10H11FN2O3S. The first-order valence-electron chi connectivity index (χ1n) is 4.65. The van der Waals surface area contributed by atoms with E-state index in [4.69, 9.17) is 16.6 Å². The summed E-state index contributed by atoms with van der Waals surface area (Å²) in [5.41, 5.74) is 11.1. The van der Waals surface area contributed by atoms with Gasteiger partial charge in [0.15, 0.2) is 5.78 Å². The topological polar surface area (TPSA) is 106 Å². The Balaban J connectivity index is 2.91. The number of nitrogens with two attached hydrogens (primary N) is 2. The number of nitrogen functional groups attached to an aromatic ring is 1. The van der Waals surface area contributed by atoms with Gasteiger partial charge in [-0.15, -0.1) is 0 Å². The van der Waals surface area contributed by atoms with E-state index in [1.54, 1.807) is 0 Å². The molecule has 0 aliphatic rings. The number of benzene rings is 1. The molecule has 0 amide bonds. The number of anilines is 1. The molecule has 1 rings (SSSR count). The predicted octanol–water partition coefficient (Wildman–Crippen LogP) is 1.23. The summed E-state index contributed by atoms with van der Waals surface area (Å²) in [6.07, 6.45) is -0.375. The normalized spacial score (nSPS) is 12.1. The Bertz CT molecular complexity index is 453. The smallest absolute Gasteiger partial charge is 0.320 e. The summed E-state index contributed by atoms with van der Waals surface area (Å²) < 4.78 is 12.3. The minimum atomic E-state index is -1.29. The summed E-state index contributed by atoms with van der Waals surface area (Å²) in [6, 6.07) is 2.80. The zero-order chi connectivity index (χ0) is 13.0. The summed E-state index contributed by atoms with van der Waals surface area (Å²) in [4.78, 5) is 22.4. The molecule has 1 aromatic rings. The lowest BCUT2D eigenvalue weighted by Crippen LogP contribution is -2.32. The van der Waals surface area contributed by atoms with E-state index in [-0.39, 0.29) is 34.7 Å². The number of halogens is 1. The zero-order valence-electron chi connectivity index (χ0n) is 8.72. The molecule has 0 bridgehead atoms. The molecule has 92 valence electrons. The minimum absolute atomic E-state index is 0.0211. The van der Waals surface area contributed by atoms with Crippen LogP contribution in [0.25, 0.3) is 0 Å². The van der Waals surface area contributed by atoms with E-state index < -0.39 is 17.8 Å². The van der Waals surface area contributed by atoms with Gasteiger partial charge in [-0.25, -0.2) is 0 Å². The summed E-state index contributed by atoms with van der Waals surface area (Å²) in [5, 5.41) is 8.58. The average Bonchev–Trinajstić information content (AvgIpc) is 2.29. The fourth-order valence-electron chi connectivity index (χ4n) is 1.22. The van der Waals surface area contributed by atoms with Crippen LogP contribution in [-0.4, -0.2) is 22.9 Å². The number of carbonyl (C=O) groups excluding carboxylic acids is 1. The monoisotopic (exact) mass is 258 g/mol. The number of carboxylic acid groups (broad SMARTS) is 1.